The summed E-state index contributed by atoms with van der Waals surface area (Å²) in [5, 5.41) is 11.3. The molecule has 3 aromatic rings. The third-order valence-electron chi connectivity index (χ3n) is 4.84. The molecule has 1 N–H and O–H groups in total. The van der Waals surface area contributed by atoms with Crippen LogP contribution in [0.1, 0.15) is 36.7 Å². The molecule has 0 bridgehead atoms. The van der Waals surface area contributed by atoms with Crippen molar-refractivity contribution in [1.29, 1.82) is 0 Å². The van der Waals surface area contributed by atoms with Crippen molar-refractivity contribution < 1.29 is 38.0 Å². The highest BCUT2D eigenvalue weighted by atomic mass is 16.5. The molecule has 2 aromatic carbocycles. The van der Waals surface area contributed by atoms with Gasteiger partial charge in [0, 0.05) is 11.6 Å². The molecule has 0 amide bonds. The second kappa shape index (κ2) is 10.7. The van der Waals surface area contributed by atoms with E-state index in [0.717, 1.165) is 0 Å². The van der Waals surface area contributed by atoms with Crippen LogP contribution < -0.4 is 23.7 Å². The van der Waals surface area contributed by atoms with Gasteiger partial charge in [-0.05, 0) is 45.1 Å². The third kappa shape index (κ3) is 4.69. The number of benzene rings is 2. The molecule has 3 rings (SSSR count). The zero-order valence-corrected chi connectivity index (χ0v) is 19.4. The largest absolute Gasteiger partial charge is 0.504 e. The maximum Gasteiger partial charge on any atom is 0.205 e. The zero-order chi connectivity index (χ0) is 24.0. The number of rotatable bonds is 11. The Kier molecular flexibility index (Phi) is 7.71. The lowest BCUT2D eigenvalue weighted by molar-refractivity contribution is 0.104. The Morgan fingerprint density at radius 2 is 1.55 bits per heavy atom. The quantitative estimate of drug-likeness (QED) is 0.309. The van der Waals surface area contributed by atoms with Gasteiger partial charge in [-0.15, -0.1) is 0 Å². The molecule has 33 heavy (non-hydrogen) atoms. The normalized spacial score (nSPS) is 11.1. The molecule has 8 heteroatoms. The summed E-state index contributed by atoms with van der Waals surface area (Å²) < 4.78 is 33.2. The number of methoxy groups -OCH3 is 2. The average molecular weight is 456 g/mol. The lowest BCUT2D eigenvalue weighted by Crippen LogP contribution is -2.03. The number of carbonyl (C=O) groups excluding carboxylic acids is 1. The van der Waals surface area contributed by atoms with Crippen LogP contribution in [0.5, 0.6) is 34.5 Å². The van der Waals surface area contributed by atoms with Gasteiger partial charge in [0.2, 0.25) is 5.75 Å². The fourth-order valence-electron chi connectivity index (χ4n) is 3.51. The first-order valence-electron chi connectivity index (χ1n) is 10.6. The predicted octanol–water partition coefficient (Wildman–Crippen LogP) is 5.25. The van der Waals surface area contributed by atoms with E-state index in [2.05, 4.69) is 0 Å². The number of fused-ring (bicyclic) bond motifs is 1. The number of aromatic hydroxyl groups is 1. The van der Waals surface area contributed by atoms with E-state index >= 15 is 0 Å². The monoisotopic (exact) mass is 456 g/mol. The fourth-order valence-corrected chi connectivity index (χ4v) is 3.51. The smallest absolute Gasteiger partial charge is 0.205 e. The van der Waals surface area contributed by atoms with Crippen molar-refractivity contribution in [3.63, 3.8) is 0 Å². The Balaban J connectivity index is 2.08. The summed E-state index contributed by atoms with van der Waals surface area (Å²) in [5.41, 5.74) is 0.874. The standard InChI is InChI=1S/C25H28O8/c1-6-30-18-14-20(32-8-3)19(31-7-2)13-15(18)9-10-17(26)21-22(27)25(29-5)24-16(11-12-33-24)23(21)28-4/h9-14,27H,6-8H2,1-5H3/b10-9+. The van der Waals surface area contributed by atoms with Gasteiger partial charge in [0.05, 0.1) is 45.7 Å². The first kappa shape index (κ1) is 23.8. The van der Waals surface area contributed by atoms with E-state index in [-0.39, 0.29) is 22.8 Å². The minimum atomic E-state index is -0.486. The highest BCUT2D eigenvalue weighted by Crippen LogP contribution is 2.46. The number of hydrogen-bond donors (Lipinski definition) is 1. The fraction of sp³-hybridized carbons (Fsp3) is 0.320. The van der Waals surface area contributed by atoms with Crippen LogP contribution in [0.2, 0.25) is 0 Å². The molecule has 1 aromatic heterocycles. The van der Waals surface area contributed by atoms with Crippen LogP contribution in [-0.4, -0.2) is 44.9 Å². The van der Waals surface area contributed by atoms with Crippen LogP contribution in [0.3, 0.4) is 0 Å². The van der Waals surface area contributed by atoms with E-state index in [4.69, 9.17) is 28.1 Å². The van der Waals surface area contributed by atoms with E-state index in [1.165, 1.54) is 26.6 Å². The molecule has 0 radical (unpaired) electrons. The van der Waals surface area contributed by atoms with Crippen molar-refractivity contribution in [3.05, 3.63) is 41.7 Å². The van der Waals surface area contributed by atoms with Crippen molar-refractivity contribution in [2.75, 3.05) is 34.0 Å². The van der Waals surface area contributed by atoms with E-state index in [9.17, 15) is 9.90 Å². The van der Waals surface area contributed by atoms with Gasteiger partial charge in [-0.2, -0.15) is 0 Å². The SMILES string of the molecule is CCOc1cc(OCC)c(OCC)cc1/C=C/C(=O)c1c(O)c(OC)c2occc2c1OC. The predicted molar refractivity (Wildman–Crippen MR) is 124 cm³/mol. The molecule has 0 fully saturated rings. The number of furan rings is 1. The van der Waals surface area contributed by atoms with Crippen molar-refractivity contribution in [2.24, 2.45) is 0 Å². The maximum absolute atomic E-state index is 13.2. The second-order valence-corrected chi connectivity index (χ2v) is 6.79. The summed E-state index contributed by atoms with van der Waals surface area (Å²) in [6.45, 7) is 6.97. The molecule has 0 atom stereocenters. The summed E-state index contributed by atoms with van der Waals surface area (Å²) in [6.07, 6.45) is 4.36. The number of ketones is 1. The number of allylic oxidation sites excluding steroid dienone is 1. The van der Waals surface area contributed by atoms with Gasteiger partial charge in [-0.1, -0.05) is 0 Å². The Morgan fingerprint density at radius 1 is 0.939 bits per heavy atom. The van der Waals surface area contributed by atoms with Gasteiger partial charge in [-0.3, -0.25) is 4.79 Å². The van der Waals surface area contributed by atoms with Gasteiger partial charge in [0.15, 0.2) is 28.6 Å². The van der Waals surface area contributed by atoms with Gasteiger partial charge >= 0.3 is 0 Å². The molecule has 0 saturated heterocycles. The van der Waals surface area contributed by atoms with Gasteiger partial charge in [-0.25, -0.2) is 0 Å². The van der Waals surface area contributed by atoms with Gasteiger partial charge < -0.3 is 33.2 Å². The summed E-state index contributed by atoms with van der Waals surface area (Å²) in [6, 6.07) is 5.13. The molecule has 0 unspecified atom stereocenters. The molecule has 0 saturated carbocycles. The number of ether oxygens (including phenoxy) is 5. The highest BCUT2D eigenvalue weighted by Gasteiger charge is 2.26. The van der Waals surface area contributed by atoms with Crippen molar-refractivity contribution in [3.8, 4) is 34.5 Å². The molecule has 0 spiro atoms. The topological polar surface area (TPSA) is 96.6 Å². The maximum atomic E-state index is 13.2. The number of phenolic OH excluding ortho intramolecular Hbond substituents is 1. The van der Waals surface area contributed by atoms with Crippen molar-refractivity contribution in [1.82, 2.24) is 0 Å². The van der Waals surface area contributed by atoms with Gasteiger partial charge in [0.1, 0.15) is 17.1 Å². The first-order valence-corrected chi connectivity index (χ1v) is 10.6. The van der Waals surface area contributed by atoms with Gasteiger partial charge in [0.25, 0.3) is 0 Å². The lowest BCUT2D eigenvalue weighted by atomic mass is 10.0. The number of hydrogen-bond acceptors (Lipinski definition) is 8. The summed E-state index contributed by atoms with van der Waals surface area (Å²) in [4.78, 5) is 13.2. The van der Waals surface area contributed by atoms with Crippen molar-refractivity contribution in [2.45, 2.75) is 20.8 Å². The van der Waals surface area contributed by atoms with Crippen LogP contribution in [-0.2, 0) is 0 Å². The number of carbonyl (C=O) groups is 1. The highest BCUT2D eigenvalue weighted by molar-refractivity contribution is 6.15. The third-order valence-corrected chi connectivity index (χ3v) is 4.84. The van der Waals surface area contributed by atoms with E-state index in [1.54, 1.807) is 24.3 Å². The lowest BCUT2D eigenvalue weighted by Gasteiger charge is -2.15. The van der Waals surface area contributed by atoms with Crippen LogP contribution in [0, 0.1) is 0 Å². The Bertz CT molecular complexity index is 1160. The van der Waals surface area contributed by atoms with Crippen molar-refractivity contribution >= 4 is 22.8 Å². The van der Waals surface area contributed by atoms with E-state index < -0.39 is 5.78 Å². The first-order chi connectivity index (χ1) is 16.0. The zero-order valence-electron chi connectivity index (χ0n) is 19.4. The molecule has 8 nitrogen and oxygen atoms in total. The second-order valence-electron chi connectivity index (χ2n) is 6.79. The number of phenols is 1. The Hall–Kier alpha value is -3.81. The molecular formula is C25H28O8. The van der Waals surface area contributed by atoms with E-state index in [1.807, 2.05) is 20.8 Å². The molecule has 1 heterocycles. The Morgan fingerprint density at radius 3 is 2.15 bits per heavy atom. The minimum Gasteiger partial charge on any atom is -0.504 e. The van der Waals surface area contributed by atoms with E-state index in [0.29, 0.717) is 53.6 Å². The summed E-state index contributed by atoms with van der Waals surface area (Å²) in [7, 11) is 2.80. The molecule has 0 aliphatic rings. The molecular weight excluding hydrogens is 428 g/mol. The van der Waals surface area contributed by atoms with Crippen LogP contribution in [0.25, 0.3) is 17.0 Å². The molecule has 0 aliphatic heterocycles. The van der Waals surface area contributed by atoms with Crippen LogP contribution >= 0.6 is 0 Å². The van der Waals surface area contributed by atoms with Crippen LogP contribution in [0.4, 0.5) is 0 Å². The summed E-state index contributed by atoms with van der Waals surface area (Å²) >= 11 is 0. The Labute approximate surface area is 192 Å². The van der Waals surface area contributed by atoms with Crippen LogP contribution in [0.15, 0.2) is 35.0 Å². The molecule has 176 valence electrons. The molecule has 0 aliphatic carbocycles. The summed E-state index contributed by atoms with van der Waals surface area (Å²) in [5.74, 6) is 1.03. The average Bonchev–Trinajstić information content (AvgIpc) is 3.28. The minimum absolute atomic E-state index is 0.0339.